The van der Waals surface area contributed by atoms with Gasteiger partial charge in [0.1, 0.15) is 0 Å². The van der Waals surface area contributed by atoms with Crippen LogP contribution in [0.2, 0.25) is 0 Å². The summed E-state index contributed by atoms with van der Waals surface area (Å²) in [7, 11) is 0. The van der Waals surface area contributed by atoms with E-state index in [-0.39, 0.29) is 6.61 Å². The van der Waals surface area contributed by atoms with Gasteiger partial charge in [-0.1, -0.05) is 30.3 Å². The number of rotatable bonds is 4. The molecule has 0 N–H and O–H groups in total. The number of hydrogen-bond acceptors (Lipinski definition) is 2. The lowest BCUT2D eigenvalue weighted by Gasteiger charge is -1.98. The third kappa shape index (κ3) is 3.94. The van der Waals surface area contributed by atoms with Gasteiger partial charge in [-0.3, -0.25) is 0 Å². The Morgan fingerprint density at radius 2 is 2.07 bits per heavy atom. The lowest BCUT2D eigenvalue weighted by atomic mass is 10.1. The molecule has 1 aromatic rings. The quantitative estimate of drug-likeness (QED) is 0.561. The zero-order chi connectivity index (χ0) is 11.1. The summed E-state index contributed by atoms with van der Waals surface area (Å²) in [5, 5.41) is 0. The molecule has 0 radical (unpaired) electrons. The highest BCUT2D eigenvalue weighted by Crippen LogP contribution is 2.05. The predicted molar refractivity (Wildman–Crippen MR) is 56.0 cm³/mol. The molecular weight excluding hydrogens is 195 g/mol. The minimum absolute atomic E-state index is 0.186. The standard InChI is InChI=1S/C12H13FO2/c1-2-15-12(14)11(13)9-8-10-6-4-3-5-7-10/h3-7,9H,2,8H2,1H3. The zero-order valence-corrected chi connectivity index (χ0v) is 8.57. The number of hydrogen-bond donors (Lipinski definition) is 0. The molecule has 0 bridgehead atoms. The molecule has 80 valence electrons. The van der Waals surface area contributed by atoms with E-state index in [1.807, 2.05) is 30.3 Å². The summed E-state index contributed by atoms with van der Waals surface area (Å²) >= 11 is 0. The first kappa shape index (κ1) is 11.4. The molecule has 0 aromatic heterocycles. The van der Waals surface area contributed by atoms with Crippen molar-refractivity contribution in [3.05, 3.63) is 47.8 Å². The van der Waals surface area contributed by atoms with Crippen molar-refractivity contribution in [1.29, 1.82) is 0 Å². The highest BCUT2D eigenvalue weighted by Gasteiger charge is 2.07. The van der Waals surface area contributed by atoms with Crippen LogP contribution in [0.1, 0.15) is 12.5 Å². The molecular formula is C12H13FO2. The van der Waals surface area contributed by atoms with Crippen LogP contribution in [0.25, 0.3) is 0 Å². The van der Waals surface area contributed by atoms with E-state index in [0.29, 0.717) is 6.42 Å². The van der Waals surface area contributed by atoms with Crippen LogP contribution in [0, 0.1) is 0 Å². The van der Waals surface area contributed by atoms with Crippen LogP contribution in [0.5, 0.6) is 0 Å². The maximum absolute atomic E-state index is 13.1. The minimum Gasteiger partial charge on any atom is -0.461 e. The molecule has 0 unspecified atom stereocenters. The average molecular weight is 208 g/mol. The number of allylic oxidation sites excluding steroid dienone is 1. The number of ether oxygens (including phenoxy) is 1. The summed E-state index contributed by atoms with van der Waals surface area (Å²) in [5.74, 6) is -1.73. The van der Waals surface area contributed by atoms with Gasteiger partial charge >= 0.3 is 5.97 Å². The van der Waals surface area contributed by atoms with E-state index >= 15 is 0 Å². The summed E-state index contributed by atoms with van der Waals surface area (Å²) < 4.78 is 17.6. The Labute approximate surface area is 88.4 Å². The Balaban J connectivity index is 2.54. The van der Waals surface area contributed by atoms with Gasteiger partial charge in [-0.05, 0) is 25.0 Å². The van der Waals surface area contributed by atoms with E-state index < -0.39 is 11.8 Å². The fourth-order valence-corrected chi connectivity index (χ4v) is 1.10. The largest absolute Gasteiger partial charge is 0.461 e. The van der Waals surface area contributed by atoms with E-state index in [1.54, 1.807) is 6.92 Å². The molecule has 0 amide bonds. The monoisotopic (exact) mass is 208 g/mol. The zero-order valence-electron chi connectivity index (χ0n) is 8.57. The Hall–Kier alpha value is -1.64. The summed E-state index contributed by atoms with van der Waals surface area (Å²) in [6.45, 7) is 1.83. The molecule has 0 fully saturated rings. The average Bonchev–Trinajstić information content (AvgIpc) is 2.27. The Morgan fingerprint density at radius 3 is 2.67 bits per heavy atom. The SMILES string of the molecule is CCOC(=O)C(F)=CCc1ccccc1. The molecule has 0 aliphatic rings. The topological polar surface area (TPSA) is 26.3 Å². The van der Waals surface area contributed by atoms with Crippen molar-refractivity contribution >= 4 is 5.97 Å². The molecule has 2 nitrogen and oxygen atoms in total. The summed E-state index contributed by atoms with van der Waals surface area (Å²) in [4.78, 5) is 10.9. The maximum atomic E-state index is 13.1. The smallest absolute Gasteiger partial charge is 0.366 e. The molecule has 0 aliphatic heterocycles. The second-order valence-corrected chi connectivity index (χ2v) is 2.96. The summed E-state index contributed by atoms with van der Waals surface area (Å²) in [5.41, 5.74) is 0.956. The first-order valence-electron chi connectivity index (χ1n) is 4.80. The summed E-state index contributed by atoms with van der Waals surface area (Å²) in [6.07, 6.45) is 1.62. The first-order valence-corrected chi connectivity index (χ1v) is 4.80. The fourth-order valence-electron chi connectivity index (χ4n) is 1.10. The number of esters is 1. The van der Waals surface area contributed by atoms with Crippen molar-refractivity contribution in [2.45, 2.75) is 13.3 Å². The van der Waals surface area contributed by atoms with E-state index in [1.165, 1.54) is 6.08 Å². The van der Waals surface area contributed by atoms with Crippen molar-refractivity contribution in [3.8, 4) is 0 Å². The van der Waals surface area contributed by atoms with Crippen LogP contribution in [0.4, 0.5) is 4.39 Å². The van der Waals surface area contributed by atoms with Gasteiger partial charge in [-0.2, -0.15) is 4.39 Å². The third-order valence-electron chi connectivity index (χ3n) is 1.83. The highest BCUT2D eigenvalue weighted by atomic mass is 19.1. The second-order valence-electron chi connectivity index (χ2n) is 2.96. The first-order chi connectivity index (χ1) is 7.24. The lowest BCUT2D eigenvalue weighted by molar-refractivity contribution is -0.140. The van der Waals surface area contributed by atoms with Crippen LogP contribution in [-0.4, -0.2) is 12.6 Å². The molecule has 15 heavy (non-hydrogen) atoms. The normalized spacial score (nSPS) is 11.2. The van der Waals surface area contributed by atoms with Crippen molar-refractivity contribution < 1.29 is 13.9 Å². The van der Waals surface area contributed by atoms with Crippen LogP contribution < -0.4 is 0 Å². The van der Waals surface area contributed by atoms with Gasteiger partial charge in [-0.25, -0.2) is 4.79 Å². The van der Waals surface area contributed by atoms with Crippen molar-refractivity contribution in [2.24, 2.45) is 0 Å². The van der Waals surface area contributed by atoms with Crippen LogP contribution in [0.15, 0.2) is 42.2 Å². The third-order valence-corrected chi connectivity index (χ3v) is 1.83. The van der Waals surface area contributed by atoms with Gasteiger partial charge in [0.25, 0.3) is 0 Å². The van der Waals surface area contributed by atoms with Crippen molar-refractivity contribution in [3.63, 3.8) is 0 Å². The van der Waals surface area contributed by atoms with E-state index in [9.17, 15) is 9.18 Å². The van der Waals surface area contributed by atoms with Gasteiger partial charge in [0.05, 0.1) is 6.61 Å². The fraction of sp³-hybridized carbons (Fsp3) is 0.250. The number of carbonyl (C=O) groups is 1. The molecule has 1 aromatic carbocycles. The number of carbonyl (C=O) groups excluding carboxylic acids is 1. The van der Waals surface area contributed by atoms with Crippen molar-refractivity contribution in [2.75, 3.05) is 6.61 Å². The predicted octanol–water partition coefficient (Wildman–Crippen LogP) is 2.65. The Kier molecular flexibility index (Phi) is 4.54. The van der Waals surface area contributed by atoms with E-state index in [4.69, 9.17) is 0 Å². The molecule has 0 aliphatic carbocycles. The minimum atomic E-state index is -0.895. The molecule has 0 atom stereocenters. The van der Waals surface area contributed by atoms with Gasteiger partial charge in [-0.15, -0.1) is 0 Å². The van der Waals surface area contributed by atoms with Gasteiger partial charge in [0.2, 0.25) is 5.83 Å². The Morgan fingerprint density at radius 1 is 1.40 bits per heavy atom. The van der Waals surface area contributed by atoms with Crippen LogP contribution in [-0.2, 0) is 16.0 Å². The highest BCUT2D eigenvalue weighted by molar-refractivity contribution is 5.85. The molecule has 3 heteroatoms. The molecule has 0 saturated carbocycles. The molecule has 0 heterocycles. The van der Waals surface area contributed by atoms with E-state index in [0.717, 1.165) is 5.56 Å². The number of halogens is 1. The summed E-state index contributed by atoms with van der Waals surface area (Å²) in [6, 6.07) is 9.36. The van der Waals surface area contributed by atoms with Crippen LogP contribution in [0.3, 0.4) is 0 Å². The van der Waals surface area contributed by atoms with Gasteiger partial charge in [0.15, 0.2) is 0 Å². The lowest BCUT2D eigenvalue weighted by Crippen LogP contribution is -2.04. The molecule has 0 saturated heterocycles. The second kappa shape index (κ2) is 5.96. The van der Waals surface area contributed by atoms with Crippen molar-refractivity contribution in [1.82, 2.24) is 0 Å². The van der Waals surface area contributed by atoms with Crippen LogP contribution >= 0.6 is 0 Å². The van der Waals surface area contributed by atoms with Gasteiger partial charge < -0.3 is 4.74 Å². The Bertz CT molecular complexity index is 344. The maximum Gasteiger partial charge on any atom is 0.366 e. The number of benzene rings is 1. The molecule has 0 spiro atoms. The van der Waals surface area contributed by atoms with Gasteiger partial charge in [0, 0.05) is 0 Å². The molecule has 1 rings (SSSR count). The van der Waals surface area contributed by atoms with E-state index in [2.05, 4.69) is 4.74 Å².